The lowest BCUT2D eigenvalue weighted by molar-refractivity contribution is -0.139. The van der Waals surface area contributed by atoms with E-state index in [4.69, 9.17) is 5.11 Å². The van der Waals surface area contributed by atoms with Gasteiger partial charge in [0.2, 0.25) is 0 Å². The Kier molecular flexibility index (Phi) is 3.82. The Hall–Kier alpha value is -0.790. The van der Waals surface area contributed by atoms with E-state index < -0.39 is 23.6 Å². The number of carboxylic acids is 1. The van der Waals surface area contributed by atoms with Gasteiger partial charge in [-0.1, -0.05) is 0 Å². The average molecular weight is 344 g/mol. The molecule has 1 aromatic carbocycles. The highest BCUT2D eigenvalue weighted by molar-refractivity contribution is 14.1. The third-order valence-electron chi connectivity index (χ3n) is 2.12. The van der Waals surface area contributed by atoms with Crippen LogP contribution in [0.15, 0.2) is 18.2 Å². The summed E-state index contributed by atoms with van der Waals surface area (Å²) in [5.41, 5.74) is -0.658. The number of carboxylic acid groups (broad SMARTS) is 1. The van der Waals surface area contributed by atoms with Crippen molar-refractivity contribution in [1.82, 2.24) is 0 Å². The van der Waals surface area contributed by atoms with Crippen LogP contribution in [0.25, 0.3) is 0 Å². The maximum Gasteiger partial charge on any atom is 0.416 e. The van der Waals surface area contributed by atoms with Gasteiger partial charge in [0.1, 0.15) is 0 Å². The number of rotatable bonds is 2. The molecule has 0 saturated carbocycles. The molecule has 0 aliphatic carbocycles. The molecule has 6 heteroatoms. The van der Waals surface area contributed by atoms with E-state index >= 15 is 0 Å². The number of hydrogen-bond donors (Lipinski definition) is 1. The molecule has 1 atom stereocenters. The highest BCUT2D eigenvalue weighted by Gasteiger charge is 2.31. The first kappa shape index (κ1) is 13.3. The number of halogens is 4. The van der Waals surface area contributed by atoms with Crippen molar-refractivity contribution in [1.29, 1.82) is 0 Å². The third kappa shape index (κ3) is 3.10. The summed E-state index contributed by atoms with van der Waals surface area (Å²) in [6, 6.07) is 3.30. The second kappa shape index (κ2) is 4.60. The lowest BCUT2D eigenvalue weighted by Gasteiger charge is -2.12. The monoisotopic (exact) mass is 344 g/mol. The highest BCUT2D eigenvalue weighted by Crippen LogP contribution is 2.32. The molecule has 1 N–H and O–H groups in total. The van der Waals surface area contributed by atoms with Crippen LogP contribution in [0.4, 0.5) is 13.2 Å². The van der Waals surface area contributed by atoms with Crippen LogP contribution in [0, 0.1) is 3.57 Å². The van der Waals surface area contributed by atoms with Crippen LogP contribution >= 0.6 is 22.6 Å². The van der Waals surface area contributed by atoms with Crippen molar-refractivity contribution in [3.8, 4) is 0 Å². The lowest BCUT2D eigenvalue weighted by atomic mass is 9.99. The molecule has 0 aliphatic rings. The molecule has 1 rings (SSSR count). The summed E-state index contributed by atoms with van der Waals surface area (Å²) in [5, 5.41) is 8.74. The van der Waals surface area contributed by atoms with Gasteiger partial charge in [-0.2, -0.15) is 13.2 Å². The largest absolute Gasteiger partial charge is 0.481 e. The molecule has 1 unspecified atom stereocenters. The van der Waals surface area contributed by atoms with Crippen LogP contribution in [0.5, 0.6) is 0 Å². The van der Waals surface area contributed by atoms with Crippen molar-refractivity contribution >= 4 is 28.6 Å². The van der Waals surface area contributed by atoms with E-state index in [9.17, 15) is 18.0 Å². The average Bonchev–Trinajstić information content (AvgIpc) is 2.14. The number of alkyl halides is 3. The van der Waals surface area contributed by atoms with Gasteiger partial charge in [-0.3, -0.25) is 4.79 Å². The summed E-state index contributed by atoms with van der Waals surface area (Å²) < 4.78 is 37.8. The van der Waals surface area contributed by atoms with E-state index in [1.165, 1.54) is 13.0 Å². The molecule has 0 bridgehead atoms. The molecule has 1 aromatic rings. The molecule has 2 nitrogen and oxygen atoms in total. The number of carbonyl (C=O) groups is 1. The van der Waals surface area contributed by atoms with Gasteiger partial charge in [0.15, 0.2) is 0 Å². The van der Waals surface area contributed by atoms with Crippen LogP contribution in [-0.2, 0) is 11.0 Å². The third-order valence-corrected chi connectivity index (χ3v) is 2.74. The molecule has 0 spiro atoms. The SMILES string of the molecule is CC(C(=O)O)c1cc(I)cc(C(F)(F)F)c1. The number of aliphatic carboxylic acids is 1. The zero-order valence-electron chi connectivity index (χ0n) is 8.18. The molecule has 16 heavy (non-hydrogen) atoms. The first-order valence-corrected chi connectivity index (χ1v) is 5.40. The number of benzene rings is 1. The molecule has 0 aromatic heterocycles. The summed E-state index contributed by atoms with van der Waals surface area (Å²) in [6.45, 7) is 1.36. The molecular formula is C10H8F3IO2. The Morgan fingerprint density at radius 1 is 1.38 bits per heavy atom. The molecule has 0 amide bonds. The van der Waals surface area contributed by atoms with Gasteiger partial charge in [-0.25, -0.2) is 0 Å². The van der Waals surface area contributed by atoms with Crippen molar-refractivity contribution in [2.75, 3.05) is 0 Å². The summed E-state index contributed by atoms with van der Waals surface area (Å²) in [7, 11) is 0. The lowest BCUT2D eigenvalue weighted by Crippen LogP contribution is -2.11. The van der Waals surface area contributed by atoms with E-state index in [1.807, 2.05) is 0 Å². The zero-order chi connectivity index (χ0) is 12.5. The van der Waals surface area contributed by atoms with Crippen molar-refractivity contribution in [2.45, 2.75) is 19.0 Å². The van der Waals surface area contributed by atoms with Crippen LogP contribution in [0.3, 0.4) is 0 Å². The fourth-order valence-electron chi connectivity index (χ4n) is 1.17. The van der Waals surface area contributed by atoms with Gasteiger partial charge in [-0.15, -0.1) is 0 Å². The predicted octanol–water partition coefficient (Wildman–Crippen LogP) is 3.50. The fraction of sp³-hybridized carbons (Fsp3) is 0.300. The van der Waals surface area contributed by atoms with Crippen molar-refractivity contribution in [3.63, 3.8) is 0 Å². The van der Waals surface area contributed by atoms with Crippen LogP contribution in [-0.4, -0.2) is 11.1 Å². The minimum absolute atomic E-state index is 0.159. The van der Waals surface area contributed by atoms with Crippen LogP contribution in [0.2, 0.25) is 0 Å². The second-order valence-corrected chi connectivity index (χ2v) is 4.58. The quantitative estimate of drug-likeness (QED) is 0.834. The first-order chi connectivity index (χ1) is 7.21. The van der Waals surface area contributed by atoms with E-state index in [0.29, 0.717) is 3.57 Å². The molecule has 0 fully saturated rings. The Morgan fingerprint density at radius 3 is 2.38 bits per heavy atom. The summed E-state index contributed by atoms with van der Waals surface area (Å²) >= 11 is 1.73. The molecule has 88 valence electrons. The Balaban J connectivity index is 3.23. The topological polar surface area (TPSA) is 37.3 Å². The van der Waals surface area contributed by atoms with Gasteiger partial charge in [0, 0.05) is 3.57 Å². The maximum absolute atomic E-state index is 12.5. The summed E-state index contributed by atoms with van der Waals surface area (Å²) in [5.74, 6) is -2.09. The fourth-order valence-corrected chi connectivity index (χ4v) is 1.86. The minimum Gasteiger partial charge on any atom is -0.481 e. The Bertz CT molecular complexity index is 415. The molecule has 0 radical (unpaired) electrons. The standard InChI is InChI=1S/C10H8F3IO2/c1-5(9(15)16)6-2-7(10(11,12)13)4-8(14)3-6/h2-5H,1H3,(H,15,16). The Morgan fingerprint density at radius 2 is 1.94 bits per heavy atom. The molecule has 0 heterocycles. The van der Waals surface area contributed by atoms with Crippen molar-refractivity contribution in [3.05, 3.63) is 32.9 Å². The molecule has 0 saturated heterocycles. The van der Waals surface area contributed by atoms with Gasteiger partial charge < -0.3 is 5.11 Å². The smallest absolute Gasteiger partial charge is 0.416 e. The van der Waals surface area contributed by atoms with Crippen LogP contribution in [0.1, 0.15) is 24.0 Å². The van der Waals surface area contributed by atoms with E-state index in [1.54, 1.807) is 22.6 Å². The van der Waals surface area contributed by atoms with Crippen LogP contribution < -0.4 is 0 Å². The predicted molar refractivity (Wildman–Crippen MR) is 60.2 cm³/mol. The maximum atomic E-state index is 12.5. The highest BCUT2D eigenvalue weighted by atomic mass is 127. The Labute approximate surface area is 104 Å². The van der Waals surface area contributed by atoms with Crippen molar-refractivity contribution < 1.29 is 23.1 Å². The van der Waals surface area contributed by atoms with Gasteiger partial charge in [0.05, 0.1) is 11.5 Å². The first-order valence-electron chi connectivity index (χ1n) is 4.32. The summed E-state index contributed by atoms with van der Waals surface area (Å²) in [6.07, 6.45) is -4.45. The minimum atomic E-state index is -4.45. The normalized spacial score (nSPS) is 13.6. The molecule has 0 aliphatic heterocycles. The van der Waals surface area contributed by atoms with E-state index in [0.717, 1.165) is 12.1 Å². The number of hydrogen-bond acceptors (Lipinski definition) is 1. The molecular weight excluding hydrogens is 336 g/mol. The van der Waals surface area contributed by atoms with E-state index in [-0.39, 0.29) is 5.56 Å². The second-order valence-electron chi connectivity index (χ2n) is 3.33. The van der Waals surface area contributed by atoms with Gasteiger partial charge in [0.25, 0.3) is 0 Å². The van der Waals surface area contributed by atoms with Gasteiger partial charge in [-0.05, 0) is 53.3 Å². The van der Waals surface area contributed by atoms with Gasteiger partial charge >= 0.3 is 12.1 Å². The summed E-state index contributed by atoms with van der Waals surface area (Å²) in [4.78, 5) is 10.7. The van der Waals surface area contributed by atoms with Crippen molar-refractivity contribution in [2.24, 2.45) is 0 Å². The zero-order valence-corrected chi connectivity index (χ0v) is 10.3. The van der Waals surface area contributed by atoms with E-state index in [2.05, 4.69) is 0 Å².